The fraction of sp³-hybridized carbons (Fsp3) is 0.462. The highest BCUT2D eigenvalue weighted by molar-refractivity contribution is 5.81. The molecule has 1 N–H and O–H groups in total. The number of oxime groups is 1. The molecule has 1 saturated heterocycles. The Bertz CT molecular complexity index is 370. The second-order valence-electron chi connectivity index (χ2n) is 4.18. The Kier molecular flexibility index (Phi) is 3.85. The van der Waals surface area contributed by atoms with Crippen LogP contribution in [-0.4, -0.2) is 42.1 Å². The Morgan fingerprint density at radius 1 is 1.18 bits per heavy atom. The van der Waals surface area contributed by atoms with Gasteiger partial charge in [-0.25, -0.2) is 0 Å². The van der Waals surface area contributed by atoms with Crippen molar-refractivity contribution in [3.8, 4) is 0 Å². The van der Waals surface area contributed by atoms with Gasteiger partial charge in [-0.2, -0.15) is 0 Å². The van der Waals surface area contributed by atoms with Gasteiger partial charge in [0.1, 0.15) is 5.84 Å². The molecule has 1 aliphatic rings. The Hall–Kier alpha value is -1.71. The number of anilines is 1. The number of amidine groups is 1. The minimum atomic E-state index is 0.780. The second kappa shape index (κ2) is 5.57. The minimum Gasteiger partial charge on any atom is -0.409 e. The van der Waals surface area contributed by atoms with Gasteiger partial charge < -0.3 is 15.0 Å². The van der Waals surface area contributed by atoms with Crippen LogP contribution in [0, 0.1) is 0 Å². The molecule has 4 heteroatoms. The third-order valence-corrected chi connectivity index (χ3v) is 3.20. The largest absolute Gasteiger partial charge is 0.409 e. The van der Waals surface area contributed by atoms with Crippen molar-refractivity contribution in [3.05, 3.63) is 30.3 Å². The summed E-state index contributed by atoms with van der Waals surface area (Å²) in [5.41, 5.74) is 1.27. The lowest BCUT2D eigenvalue weighted by Crippen LogP contribution is -2.48. The topological polar surface area (TPSA) is 39.1 Å². The number of rotatable bonds is 2. The van der Waals surface area contributed by atoms with Crippen LogP contribution in [0.3, 0.4) is 0 Å². The maximum atomic E-state index is 8.89. The quantitative estimate of drug-likeness (QED) is 0.367. The predicted octanol–water partition coefficient (Wildman–Crippen LogP) is 2.01. The maximum Gasteiger partial charge on any atom is 0.144 e. The van der Waals surface area contributed by atoms with E-state index in [1.54, 1.807) is 0 Å². The van der Waals surface area contributed by atoms with Gasteiger partial charge >= 0.3 is 0 Å². The van der Waals surface area contributed by atoms with Gasteiger partial charge in [0, 0.05) is 38.3 Å². The first-order chi connectivity index (χ1) is 8.35. The monoisotopic (exact) mass is 233 g/mol. The summed E-state index contributed by atoms with van der Waals surface area (Å²) in [6.07, 6.45) is 0.780. The molecule has 4 nitrogen and oxygen atoms in total. The molecule has 1 fully saturated rings. The lowest BCUT2D eigenvalue weighted by atomic mass is 10.2. The van der Waals surface area contributed by atoms with E-state index in [1.807, 2.05) is 13.0 Å². The number of hydrogen-bond donors (Lipinski definition) is 1. The van der Waals surface area contributed by atoms with E-state index in [-0.39, 0.29) is 0 Å². The molecule has 0 unspecified atom stereocenters. The standard InChI is InChI=1S/C13H19N3O/c1-2-13(14-17)16-10-8-15(9-11-16)12-6-4-3-5-7-12/h3-7,17H,2,8-11H2,1H3/b14-13+. The SMILES string of the molecule is CC/C(=N\O)N1CCN(c2ccccc2)CC1. The number of benzene rings is 1. The van der Waals surface area contributed by atoms with Crippen LogP contribution in [0.15, 0.2) is 35.5 Å². The van der Waals surface area contributed by atoms with Crippen LogP contribution < -0.4 is 4.90 Å². The van der Waals surface area contributed by atoms with Crippen LogP contribution in [0.4, 0.5) is 5.69 Å². The van der Waals surface area contributed by atoms with Crippen molar-refractivity contribution < 1.29 is 5.21 Å². The molecule has 17 heavy (non-hydrogen) atoms. The number of nitrogens with zero attached hydrogens (tertiary/aromatic N) is 3. The highest BCUT2D eigenvalue weighted by Crippen LogP contribution is 2.15. The van der Waals surface area contributed by atoms with Gasteiger partial charge in [-0.15, -0.1) is 0 Å². The number of para-hydroxylation sites is 1. The summed E-state index contributed by atoms with van der Waals surface area (Å²) in [5.74, 6) is 0.790. The highest BCUT2D eigenvalue weighted by Gasteiger charge is 2.19. The van der Waals surface area contributed by atoms with Crippen molar-refractivity contribution in [1.29, 1.82) is 0 Å². The van der Waals surface area contributed by atoms with E-state index in [4.69, 9.17) is 5.21 Å². The molecule has 0 aromatic heterocycles. The van der Waals surface area contributed by atoms with Crippen molar-refractivity contribution in [2.24, 2.45) is 5.16 Å². The molecule has 1 heterocycles. The van der Waals surface area contributed by atoms with E-state index in [9.17, 15) is 0 Å². The smallest absolute Gasteiger partial charge is 0.144 e. The molecular weight excluding hydrogens is 214 g/mol. The summed E-state index contributed by atoms with van der Waals surface area (Å²) < 4.78 is 0. The summed E-state index contributed by atoms with van der Waals surface area (Å²) >= 11 is 0. The van der Waals surface area contributed by atoms with Gasteiger partial charge in [0.25, 0.3) is 0 Å². The van der Waals surface area contributed by atoms with E-state index in [1.165, 1.54) is 5.69 Å². The number of hydrogen-bond acceptors (Lipinski definition) is 3. The van der Waals surface area contributed by atoms with Gasteiger partial charge in [-0.05, 0) is 12.1 Å². The second-order valence-corrected chi connectivity index (χ2v) is 4.18. The third kappa shape index (κ3) is 2.70. The van der Waals surface area contributed by atoms with Gasteiger partial charge in [0.05, 0.1) is 0 Å². The van der Waals surface area contributed by atoms with E-state index >= 15 is 0 Å². The Morgan fingerprint density at radius 2 is 1.82 bits per heavy atom. The summed E-state index contributed by atoms with van der Waals surface area (Å²) in [4.78, 5) is 4.51. The average molecular weight is 233 g/mol. The highest BCUT2D eigenvalue weighted by atomic mass is 16.4. The lowest BCUT2D eigenvalue weighted by Gasteiger charge is -2.37. The van der Waals surface area contributed by atoms with Crippen LogP contribution in [-0.2, 0) is 0 Å². The van der Waals surface area contributed by atoms with Crippen LogP contribution in [0.2, 0.25) is 0 Å². The van der Waals surface area contributed by atoms with E-state index in [0.717, 1.165) is 38.4 Å². The van der Waals surface area contributed by atoms with Crippen molar-refractivity contribution in [2.45, 2.75) is 13.3 Å². The zero-order valence-corrected chi connectivity index (χ0v) is 10.2. The van der Waals surface area contributed by atoms with Crippen LogP contribution in [0.1, 0.15) is 13.3 Å². The van der Waals surface area contributed by atoms with E-state index in [2.05, 4.69) is 39.2 Å². The first kappa shape index (κ1) is 11.8. The predicted molar refractivity (Wildman–Crippen MR) is 69.7 cm³/mol. The summed E-state index contributed by atoms with van der Waals surface area (Å²) in [7, 11) is 0. The van der Waals surface area contributed by atoms with E-state index < -0.39 is 0 Å². The lowest BCUT2D eigenvalue weighted by molar-refractivity contribution is 0.292. The first-order valence-corrected chi connectivity index (χ1v) is 6.11. The first-order valence-electron chi connectivity index (χ1n) is 6.11. The summed E-state index contributed by atoms with van der Waals surface area (Å²) in [5, 5.41) is 12.2. The molecule has 2 rings (SSSR count). The molecule has 0 radical (unpaired) electrons. The molecule has 0 bridgehead atoms. The van der Waals surface area contributed by atoms with Crippen LogP contribution in [0.25, 0.3) is 0 Å². The Labute approximate surface area is 102 Å². The zero-order chi connectivity index (χ0) is 12.1. The molecule has 1 aromatic rings. The third-order valence-electron chi connectivity index (χ3n) is 3.20. The fourth-order valence-corrected chi connectivity index (χ4v) is 2.22. The van der Waals surface area contributed by atoms with Gasteiger partial charge in [-0.1, -0.05) is 30.3 Å². The molecule has 0 atom stereocenters. The summed E-state index contributed by atoms with van der Waals surface area (Å²) in [6, 6.07) is 10.4. The number of piperazine rings is 1. The zero-order valence-electron chi connectivity index (χ0n) is 10.2. The van der Waals surface area contributed by atoms with Crippen molar-refractivity contribution in [3.63, 3.8) is 0 Å². The van der Waals surface area contributed by atoms with Crippen molar-refractivity contribution >= 4 is 11.5 Å². The summed E-state index contributed by atoms with van der Waals surface area (Å²) in [6.45, 7) is 5.80. The maximum absolute atomic E-state index is 8.89. The molecular formula is C13H19N3O. The van der Waals surface area contributed by atoms with Gasteiger partial charge in [-0.3, -0.25) is 0 Å². The molecule has 0 amide bonds. The molecule has 92 valence electrons. The average Bonchev–Trinajstić information content (AvgIpc) is 2.42. The van der Waals surface area contributed by atoms with Crippen molar-refractivity contribution in [1.82, 2.24) is 4.90 Å². The molecule has 1 aliphatic heterocycles. The van der Waals surface area contributed by atoms with Crippen LogP contribution >= 0.6 is 0 Å². The van der Waals surface area contributed by atoms with Crippen molar-refractivity contribution in [2.75, 3.05) is 31.1 Å². The molecule has 0 aliphatic carbocycles. The fourth-order valence-electron chi connectivity index (χ4n) is 2.22. The minimum absolute atomic E-state index is 0.780. The molecule has 1 aromatic carbocycles. The van der Waals surface area contributed by atoms with Gasteiger partial charge in [0.15, 0.2) is 0 Å². The Morgan fingerprint density at radius 3 is 2.35 bits per heavy atom. The van der Waals surface area contributed by atoms with E-state index in [0.29, 0.717) is 0 Å². The Balaban J connectivity index is 1.95. The molecule has 0 saturated carbocycles. The van der Waals surface area contributed by atoms with Gasteiger partial charge in [0.2, 0.25) is 0 Å². The normalized spacial score (nSPS) is 17.4. The van der Waals surface area contributed by atoms with Crippen LogP contribution in [0.5, 0.6) is 0 Å². The molecule has 0 spiro atoms.